The molecule has 1 aliphatic rings. The number of hydrogen-bond donors (Lipinski definition) is 2. The van der Waals surface area contributed by atoms with Gasteiger partial charge < -0.3 is 9.84 Å². The predicted molar refractivity (Wildman–Crippen MR) is 124 cm³/mol. The Bertz CT molecular complexity index is 1240. The van der Waals surface area contributed by atoms with E-state index in [1.165, 1.54) is 42.5 Å². The quantitative estimate of drug-likeness (QED) is 0.581. The van der Waals surface area contributed by atoms with Gasteiger partial charge in [-0.25, -0.2) is 22.8 Å². The van der Waals surface area contributed by atoms with Gasteiger partial charge in [-0.05, 0) is 57.2 Å². The van der Waals surface area contributed by atoms with Crippen molar-refractivity contribution in [3.63, 3.8) is 0 Å². The molecule has 170 valence electrons. The van der Waals surface area contributed by atoms with Gasteiger partial charge in [0.05, 0.1) is 11.3 Å². The van der Waals surface area contributed by atoms with Crippen LogP contribution in [0.2, 0.25) is 10.0 Å². The summed E-state index contributed by atoms with van der Waals surface area (Å²) in [5.74, 6) is -1.29. The third-order valence-corrected chi connectivity index (χ3v) is 6.04. The summed E-state index contributed by atoms with van der Waals surface area (Å²) in [4.78, 5) is 25.1. The van der Waals surface area contributed by atoms with Crippen molar-refractivity contribution in [2.75, 3.05) is 10.8 Å². The number of sulfonamides is 1. The van der Waals surface area contributed by atoms with Crippen LogP contribution >= 0.6 is 23.2 Å². The molecular formula is C21H20Cl2N2O6S. The number of hydrogen-bond acceptors (Lipinski definition) is 5. The van der Waals surface area contributed by atoms with Gasteiger partial charge in [0, 0.05) is 26.7 Å². The summed E-state index contributed by atoms with van der Waals surface area (Å²) in [5, 5.41) is 10.1. The van der Waals surface area contributed by atoms with Gasteiger partial charge in [0.15, 0.2) is 0 Å². The molecule has 1 heterocycles. The summed E-state index contributed by atoms with van der Waals surface area (Å²) < 4.78 is 32.6. The third-order valence-electron chi connectivity index (χ3n) is 4.22. The molecule has 11 heteroatoms. The molecule has 0 spiro atoms. The predicted octanol–water partition coefficient (Wildman–Crippen LogP) is 4.61. The van der Waals surface area contributed by atoms with E-state index < -0.39 is 33.5 Å². The molecule has 0 atom stereocenters. The number of carbonyl (C=O) groups excluding carboxylic acids is 1. The zero-order chi connectivity index (χ0) is 23.8. The van der Waals surface area contributed by atoms with E-state index in [4.69, 9.17) is 27.9 Å². The second-order valence-electron chi connectivity index (χ2n) is 8.05. The van der Waals surface area contributed by atoms with Gasteiger partial charge in [-0.15, -0.1) is 0 Å². The third kappa shape index (κ3) is 5.42. The van der Waals surface area contributed by atoms with Gasteiger partial charge >= 0.3 is 6.09 Å². The van der Waals surface area contributed by atoms with Crippen molar-refractivity contribution in [1.82, 2.24) is 4.72 Å². The molecule has 0 aromatic heterocycles. The minimum Gasteiger partial charge on any atom is -0.476 e. The summed E-state index contributed by atoms with van der Waals surface area (Å²) in [6.45, 7) is 5.10. The van der Waals surface area contributed by atoms with Crippen LogP contribution < -0.4 is 14.4 Å². The Morgan fingerprint density at radius 1 is 1.16 bits per heavy atom. The largest absolute Gasteiger partial charge is 0.476 e. The van der Waals surface area contributed by atoms with Gasteiger partial charge in [-0.1, -0.05) is 29.3 Å². The maximum Gasteiger partial charge on any atom is 0.419 e. The highest BCUT2D eigenvalue weighted by molar-refractivity contribution is 7.89. The minimum atomic E-state index is -3.77. The zero-order valence-electron chi connectivity index (χ0n) is 17.3. The first-order valence-corrected chi connectivity index (χ1v) is 11.7. The average molecular weight is 499 g/mol. The monoisotopic (exact) mass is 498 g/mol. The maximum atomic E-state index is 12.8. The topological polar surface area (TPSA) is 113 Å². The molecule has 0 saturated carbocycles. The van der Waals surface area contributed by atoms with Gasteiger partial charge in [0.2, 0.25) is 16.0 Å². The number of nitrogens with one attached hydrogen (secondary N) is 1. The molecule has 32 heavy (non-hydrogen) atoms. The SMILES string of the molecule is CC(C)(C)NS(=O)(=O)COc1ccc(Cl)cc1C=C1C(=O)N(C(=O)O)c2cc(Cl)ccc21. The molecule has 3 rings (SSSR count). The Hall–Kier alpha value is -2.59. The van der Waals surface area contributed by atoms with Crippen LogP contribution in [0.3, 0.4) is 0 Å². The second kappa shape index (κ2) is 8.74. The fraction of sp³-hybridized carbons (Fsp3) is 0.238. The summed E-state index contributed by atoms with van der Waals surface area (Å²) in [7, 11) is -3.77. The van der Waals surface area contributed by atoms with Crippen molar-refractivity contribution >= 4 is 62.6 Å². The van der Waals surface area contributed by atoms with Gasteiger partial charge in [-0.3, -0.25) is 4.79 Å². The number of nitrogens with zero attached hydrogens (tertiary/aromatic N) is 1. The van der Waals surface area contributed by atoms with Crippen molar-refractivity contribution in [1.29, 1.82) is 0 Å². The number of imide groups is 1. The molecule has 2 aromatic carbocycles. The highest BCUT2D eigenvalue weighted by atomic mass is 35.5. The molecule has 2 aromatic rings. The van der Waals surface area contributed by atoms with Crippen LogP contribution in [0.25, 0.3) is 11.6 Å². The molecule has 0 aliphatic carbocycles. The van der Waals surface area contributed by atoms with E-state index in [-0.39, 0.29) is 22.0 Å². The van der Waals surface area contributed by atoms with Gasteiger partial charge in [0.1, 0.15) is 5.75 Å². The smallest absolute Gasteiger partial charge is 0.419 e. The molecular weight excluding hydrogens is 479 g/mol. The van der Waals surface area contributed by atoms with E-state index in [0.717, 1.165) is 0 Å². The molecule has 0 radical (unpaired) electrons. The van der Waals surface area contributed by atoms with Crippen molar-refractivity contribution in [2.24, 2.45) is 0 Å². The Kier molecular flexibility index (Phi) is 6.57. The fourth-order valence-electron chi connectivity index (χ4n) is 3.15. The molecule has 0 bridgehead atoms. The van der Waals surface area contributed by atoms with Crippen LogP contribution in [0.1, 0.15) is 31.9 Å². The molecule has 2 N–H and O–H groups in total. The Labute approximate surface area is 195 Å². The van der Waals surface area contributed by atoms with Crippen molar-refractivity contribution in [3.8, 4) is 5.75 Å². The first-order valence-electron chi connectivity index (χ1n) is 9.30. The molecule has 1 aliphatic heterocycles. The average Bonchev–Trinajstić information content (AvgIpc) is 2.90. The molecule has 0 fully saturated rings. The normalized spacial score (nSPS) is 15.2. The summed E-state index contributed by atoms with van der Waals surface area (Å²) in [6.07, 6.45) is -0.0490. The number of rotatable bonds is 5. The Morgan fingerprint density at radius 2 is 1.78 bits per heavy atom. The number of carboxylic acid groups (broad SMARTS) is 1. The lowest BCUT2D eigenvalue weighted by Crippen LogP contribution is -2.42. The van der Waals surface area contributed by atoms with Gasteiger partial charge in [-0.2, -0.15) is 0 Å². The summed E-state index contributed by atoms with van der Waals surface area (Å²) in [6, 6.07) is 8.92. The number of ether oxygens (including phenoxy) is 1. The molecule has 0 unspecified atom stereocenters. The standard InChI is InChI=1S/C21H20Cl2N2O6S/c1-21(2,3)24-32(29,30)11-31-18-7-5-13(22)8-12(18)9-16-15-6-4-14(23)10-17(15)25(19(16)26)20(27)28/h4-10,24H,11H2,1-3H3,(H,27,28). The van der Waals surface area contributed by atoms with Crippen LogP contribution in [0, 0.1) is 0 Å². The van der Waals surface area contributed by atoms with E-state index >= 15 is 0 Å². The fourth-order valence-corrected chi connectivity index (χ4v) is 4.77. The zero-order valence-corrected chi connectivity index (χ0v) is 19.7. The number of halogens is 2. The Morgan fingerprint density at radius 3 is 2.41 bits per heavy atom. The highest BCUT2D eigenvalue weighted by Crippen LogP contribution is 2.40. The minimum absolute atomic E-state index is 0.0712. The Balaban J connectivity index is 2.02. The number of fused-ring (bicyclic) bond motifs is 1. The van der Waals surface area contributed by atoms with Crippen LogP contribution in [0.4, 0.5) is 10.5 Å². The second-order valence-corrected chi connectivity index (χ2v) is 10.6. The first kappa shape index (κ1) is 24.1. The van der Waals surface area contributed by atoms with E-state index in [9.17, 15) is 23.1 Å². The molecule has 0 saturated heterocycles. The summed E-state index contributed by atoms with van der Waals surface area (Å²) >= 11 is 12.1. The van der Waals surface area contributed by atoms with Crippen LogP contribution in [0.5, 0.6) is 5.75 Å². The number of benzene rings is 2. The lowest BCUT2D eigenvalue weighted by Gasteiger charge is -2.20. The van der Waals surface area contributed by atoms with E-state index in [1.807, 2.05) is 0 Å². The molecule has 2 amide bonds. The van der Waals surface area contributed by atoms with Crippen molar-refractivity contribution in [3.05, 3.63) is 57.6 Å². The lowest BCUT2D eigenvalue weighted by atomic mass is 10.0. The first-order chi connectivity index (χ1) is 14.8. The van der Waals surface area contributed by atoms with Crippen molar-refractivity contribution in [2.45, 2.75) is 26.3 Å². The lowest BCUT2D eigenvalue weighted by molar-refractivity contribution is -0.112. The van der Waals surface area contributed by atoms with Gasteiger partial charge in [0.25, 0.3) is 5.91 Å². The number of amides is 2. The number of carbonyl (C=O) groups is 2. The van der Waals surface area contributed by atoms with E-state index in [1.54, 1.807) is 20.8 Å². The molecule has 8 nitrogen and oxygen atoms in total. The van der Waals surface area contributed by atoms with Crippen LogP contribution in [0.15, 0.2) is 36.4 Å². The van der Waals surface area contributed by atoms with E-state index in [0.29, 0.717) is 21.0 Å². The highest BCUT2D eigenvalue weighted by Gasteiger charge is 2.37. The summed E-state index contributed by atoms with van der Waals surface area (Å²) in [5.41, 5.74) is 0.174. The maximum absolute atomic E-state index is 12.8. The van der Waals surface area contributed by atoms with Crippen molar-refractivity contribution < 1.29 is 27.9 Å². The number of anilines is 1. The van der Waals surface area contributed by atoms with Crippen LogP contribution in [-0.4, -0.2) is 37.0 Å². The van der Waals surface area contributed by atoms with Crippen LogP contribution in [-0.2, 0) is 14.8 Å². The van der Waals surface area contributed by atoms with E-state index in [2.05, 4.69) is 4.72 Å².